The maximum absolute atomic E-state index is 13.0. The Morgan fingerprint density at radius 3 is 2.04 bits per heavy atom. The van der Waals surface area contributed by atoms with E-state index in [2.05, 4.69) is 50.3 Å². The summed E-state index contributed by atoms with van der Waals surface area (Å²) in [4.78, 5) is 0. The maximum atomic E-state index is 13.0. The second-order valence-corrected chi connectivity index (χ2v) is 9.26. The Morgan fingerprint density at radius 1 is 0.815 bits per heavy atom. The van der Waals surface area contributed by atoms with Gasteiger partial charge in [-0.3, -0.25) is 4.57 Å². The van der Waals surface area contributed by atoms with Gasteiger partial charge in [0.15, 0.2) is 0 Å². The summed E-state index contributed by atoms with van der Waals surface area (Å²) in [5, 5.41) is 0. The molecule has 0 bridgehead atoms. The molecule has 0 N–H and O–H groups in total. The molecule has 0 amide bonds. The first-order valence-electron chi connectivity index (χ1n) is 10.8. The van der Waals surface area contributed by atoms with Crippen molar-refractivity contribution in [2.75, 3.05) is 19.4 Å². The SMILES string of the molecule is CCCCCOP(=O)(CCCCCC=Cc1ccccc1)OCCCCC. The normalized spacial score (nSPS) is 12.1. The highest BCUT2D eigenvalue weighted by Gasteiger charge is 2.23. The molecule has 0 fully saturated rings. The molecule has 0 radical (unpaired) electrons. The fraction of sp³-hybridized carbons (Fsp3) is 0.652. The van der Waals surface area contributed by atoms with Crippen molar-refractivity contribution in [2.24, 2.45) is 0 Å². The van der Waals surface area contributed by atoms with Crippen LogP contribution in [-0.4, -0.2) is 19.4 Å². The first kappa shape index (κ1) is 24.1. The van der Waals surface area contributed by atoms with Crippen LogP contribution in [0, 0.1) is 0 Å². The Labute approximate surface area is 167 Å². The van der Waals surface area contributed by atoms with Crippen molar-refractivity contribution < 1.29 is 13.6 Å². The molecule has 0 aliphatic carbocycles. The second-order valence-electron chi connectivity index (χ2n) is 7.08. The quantitative estimate of drug-likeness (QED) is 0.199. The van der Waals surface area contributed by atoms with E-state index in [-0.39, 0.29) is 0 Å². The minimum absolute atomic E-state index is 0.549. The van der Waals surface area contributed by atoms with Gasteiger partial charge in [-0.15, -0.1) is 0 Å². The molecule has 1 aromatic rings. The van der Waals surface area contributed by atoms with Gasteiger partial charge in [-0.2, -0.15) is 0 Å². The third kappa shape index (κ3) is 13.0. The second kappa shape index (κ2) is 16.1. The lowest BCUT2D eigenvalue weighted by Crippen LogP contribution is -2.03. The van der Waals surface area contributed by atoms with Gasteiger partial charge in [-0.1, -0.05) is 88.4 Å². The smallest absolute Gasteiger partial charge is 0.309 e. The van der Waals surface area contributed by atoms with Crippen LogP contribution in [0.3, 0.4) is 0 Å². The summed E-state index contributed by atoms with van der Waals surface area (Å²) >= 11 is 0. The fourth-order valence-corrected chi connectivity index (χ4v) is 4.56. The van der Waals surface area contributed by atoms with Gasteiger partial charge < -0.3 is 9.05 Å². The van der Waals surface area contributed by atoms with E-state index in [0.717, 1.165) is 64.2 Å². The number of rotatable bonds is 17. The molecule has 0 heterocycles. The van der Waals surface area contributed by atoms with Crippen molar-refractivity contribution in [1.29, 1.82) is 0 Å². The molecule has 0 saturated heterocycles. The Morgan fingerprint density at radius 2 is 1.44 bits per heavy atom. The van der Waals surface area contributed by atoms with Gasteiger partial charge in [-0.05, 0) is 37.7 Å². The Bertz CT molecular complexity index is 512. The first-order valence-corrected chi connectivity index (χ1v) is 12.5. The summed E-state index contributed by atoms with van der Waals surface area (Å²) in [7, 11) is -2.92. The van der Waals surface area contributed by atoms with Crippen LogP contribution in [-0.2, 0) is 13.6 Å². The maximum Gasteiger partial charge on any atom is 0.330 e. The lowest BCUT2D eigenvalue weighted by Gasteiger charge is -2.18. The van der Waals surface area contributed by atoms with Crippen LogP contribution < -0.4 is 0 Å². The summed E-state index contributed by atoms with van der Waals surface area (Å²) in [5.41, 5.74) is 1.24. The van der Waals surface area contributed by atoms with Crippen molar-refractivity contribution in [3.8, 4) is 0 Å². The molecule has 27 heavy (non-hydrogen) atoms. The summed E-state index contributed by atoms with van der Waals surface area (Å²) < 4.78 is 24.4. The van der Waals surface area contributed by atoms with Gasteiger partial charge in [0.1, 0.15) is 0 Å². The van der Waals surface area contributed by atoms with Crippen molar-refractivity contribution >= 4 is 13.7 Å². The predicted molar refractivity (Wildman–Crippen MR) is 117 cm³/mol. The van der Waals surface area contributed by atoms with Gasteiger partial charge >= 0.3 is 7.60 Å². The molecule has 154 valence electrons. The van der Waals surface area contributed by atoms with Gasteiger partial charge in [0.25, 0.3) is 0 Å². The third-order valence-electron chi connectivity index (χ3n) is 4.48. The van der Waals surface area contributed by atoms with Crippen LogP contribution in [0.5, 0.6) is 0 Å². The Balaban J connectivity index is 2.25. The molecule has 4 heteroatoms. The zero-order valence-electron chi connectivity index (χ0n) is 17.4. The van der Waals surface area contributed by atoms with Crippen LogP contribution in [0.2, 0.25) is 0 Å². The van der Waals surface area contributed by atoms with Gasteiger partial charge in [0.05, 0.1) is 19.4 Å². The van der Waals surface area contributed by atoms with Crippen molar-refractivity contribution in [3.63, 3.8) is 0 Å². The van der Waals surface area contributed by atoms with E-state index in [1.54, 1.807) is 0 Å². The number of hydrogen-bond donors (Lipinski definition) is 0. The van der Waals surface area contributed by atoms with Crippen LogP contribution in [0.4, 0.5) is 0 Å². The van der Waals surface area contributed by atoms with Crippen LogP contribution in [0.25, 0.3) is 6.08 Å². The number of allylic oxidation sites excluding steroid dienone is 1. The van der Waals surface area contributed by atoms with Gasteiger partial charge in [-0.25, -0.2) is 0 Å². The van der Waals surface area contributed by atoms with Crippen LogP contribution in [0.1, 0.15) is 83.6 Å². The lowest BCUT2D eigenvalue weighted by molar-refractivity contribution is 0.197. The molecule has 0 unspecified atom stereocenters. The van der Waals surface area contributed by atoms with Crippen molar-refractivity contribution in [2.45, 2.75) is 78.1 Å². The molecular weight excluding hydrogens is 355 g/mol. The van der Waals surface area contributed by atoms with Crippen molar-refractivity contribution in [1.82, 2.24) is 0 Å². The fourth-order valence-electron chi connectivity index (χ4n) is 2.81. The van der Waals surface area contributed by atoms with E-state index in [1.807, 2.05) is 6.07 Å². The van der Waals surface area contributed by atoms with E-state index >= 15 is 0 Å². The van der Waals surface area contributed by atoms with Gasteiger partial charge in [0.2, 0.25) is 0 Å². The number of unbranched alkanes of at least 4 members (excludes halogenated alkanes) is 7. The standard InChI is InChI=1S/C23H39O3P/c1-3-5-14-20-25-27(24,26-21-15-6-4-2)22-16-9-7-8-11-17-23-18-12-10-13-19-23/h10-13,17-19H,3-9,14-16,20-22H2,1-2H3. The summed E-state index contributed by atoms with van der Waals surface area (Å²) in [6, 6.07) is 10.4. The molecule has 0 saturated carbocycles. The molecule has 0 aliphatic rings. The first-order chi connectivity index (χ1) is 13.2. The van der Waals surface area contributed by atoms with E-state index in [9.17, 15) is 4.57 Å². The zero-order chi connectivity index (χ0) is 19.6. The topological polar surface area (TPSA) is 35.5 Å². The molecule has 0 atom stereocenters. The highest BCUT2D eigenvalue weighted by molar-refractivity contribution is 7.53. The molecule has 1 rings (SSSR count). The summed E-state index contributed by atoms with van der Waals surface area (Å²) in [5.74, 6) is 0. The zero-order valence-corrected chi connectivity index (χ0v) is 18.3. The van der Waals surface area contributed by atoms with Crippen LogP contribution >= 0.6 is 7.60 Å². The average Bonchev–Trinajstić information content (AvgIpc) is 2.69. The number of benzene rings is 1. The van der Waals surface area contributed by atoms with E-state index < -0.39 is 7.60 Å². The average molecular weight is 395 g/mol. The largest absolute Gasteiger partial charge is 0.330 e. The summed E-state index contributed by atoms with van der Waals surface area (Å²) in [6.45, 7) is 5.43. The lowest BCUT2D eigenvalue weighted by atomic mass is 10.1. The molecular formula is C23H39O3P. The van der Waals surface area contributed by atoms with E-state index in [1.165, 1.54) is 5.56 Å². The minimum Gasteiger partial charge on any atom is -0.309 e. The Hall–Kier alpha value is -0.890. The minimum atomic E-state index is -2.92. The predicted octanol–water partition coefficient (Wildman–Crippen LogP) is 7.87. The highest BCUT2D eigenvalue weighted by Crippen LogP contribution is 2.49. The molecule has 0 aliphatic heterocycles. The monoisotopic (exact) mass is 394 g/mol. The van der Waals surface area contributed by atoms with E-state index in [4.69, 9.17) is 9.05 Å². The van der Waals surface area contributed by atoms with E-state index in [0.29, 0.717) is 19.4 Å². The Kier molecular flexibility index (Phi) is 14.4. The third-order valence-corrected chi connectivity index (χ3v) is 6.50. The van der Waals surface area contributed by atoms with Gasteiger partial charge in [0, 0.05) is 0 Å². The summed E-state index contributed by atoms with van der Waals surface area (Å²) in [6.07, 6.45) is 15.5. The molecule has 0 aromatic heterocycles. The number of hydrogen-bond acceptors (Lipinski definition) is 3. The highest BCUT2D eigenvalue weighted by atomic mass is 31.2. The van der Waals surface area contributed by atoms with Crippen molar-refractivity contribution in [3.05, 3.63) is 42.0 Å². The molecule has 3 nitrogen and oxygen atoms in total. The van der Waals surface area contributed by atoms with Crippen LogP contribution in [0.15, 0.2) is 36.4 Å². The molecule has 0 spiro atoms. The molecule has 1 aromatic carbocycles.